The second-order valence-electron chi connectivity index (χ2n) is 9.16. The Morgan fingerprint density at radius 2 is 1.72 bits per heavy atom. The average molecular weight is 446 g/mol. The molecular formula is C25H37F2N5. The van der Waals surface area contributed by atoms with Gasteiger partial charge in [-0.15, -0.1) is 0 Å². The molecule has 0 spiro atoms. The van der Waals surface area contributed by atoms with Crippen molar-refractivity contribution in [3.05, 3.63) is 58.8 Å². The normalized spacial score (nSPS) is 25.7. The monoisotopic (exact) mass is 445 g/mol. The van der Waals surface area contributed by atoms with Gasteiger partial charge in [0.1, 0.15) is 6.17 Å². The molecule has 6 aliphatic rings. The Morgan fingerprint density at radius 3 is 2.50 bits per heavy atom. The summed E-state index contributed by atoms with van der Waals surface area (Å²) in [7, 11) is 0. The number of hydrogen-bond donors (Lipinski definition) is 3. The number of nitrogens with one attached hydrogen (secondary N) is 2. The van der Waals surface area contributed by atoms with Crippen LogP contribution >= 0.6 is 0 Å². The Hall–Kier alpha value is -1.80. The van der Waals surface area contributed by atoms with Crippen molar-refractivity contribution in [3.63, 3.8) is 0 Å². The van der Waals surface area contributed by atoms with Crippen LogP contribution in [0.3, 0.4) is 0 Å². The predicted molar refractivity (Wildman–Crippen MR) is 126 cm³/mol. The number of hydrogen-bond acceptors (Lipinski definition) is 5. The van der Waals surface area contributed by atoms with Gasteiger partial charge in [0.15, 0.2) is 0 Å². The molecule has 1 unspecified atom stereocenters. The molecule has 7 rings (SSSR count). The van der Waals surface area contributed by atoms with E-state index in [-0.39, 0.29) is 19.0 Å². The predicted octanol–water partition coefficient (Wildman–Crippen LogP) is 3.02. The minimum atomic E-state index is -2.60. The average Bonchev–Trinajstić information content (AvgIpc) is 2.79. The van der Waals surface area contributed by atoms with Crippen LogP contribution in [0.1, 0.15) is 43.0 Å². The Balaban J connectivity index is 1.60. The quantitative estimate of drug-likeness (QED) is 0.654. The molecule has 1 fully saturated rings. The summed E-state index contributed by atoms with van der Waals surface area (Å²) in [6.45, 7) is 5.81. The van der Waals surface area contributed by atoms with Crippen molar-refractivity contribution >= 4 is 0 Å². The van der Waals surface area contributed by atoms with E-state index in [1.54, 1.807) is 0 Å². The van der Waals surface area contributed by atoms with Gasteiger partial charge in [0, 0.05) is 64.4 Å². The first-order valence-electron chi connectivity index (χ1n) is 12.0. The van der Waals surface area contributed by atoms with Gasteiger partial charge >= 0.3 is 0 Å². The first-order chi connectivity index (χ1) is 15.6. The van der Waals surface area contributed by atoms with Crippen LogP contribution in [-0.2, 0) is 6.42 Å². The maximum atomic E-state index is 14.4. The maximum absolute atomic E-state index is 14.4. The van der Waals surface area contributed by atoms with Crippen molar-refractivity contribution in [1.29, 1.82) is 0 Å². The van der Waals surface area contributed by atoms with Gasteiger partial charge in [0.2, 0.25) is 5.92 Å². The third kappa shape index (κ3) is 5.95. The van der Waals surface area contributed by atoms with Crippen LogP contribution in [0.5, 0.6) is 0 Å². The van der Waals surface area contributed by atoms with E-state index in [0.29, 0.717) is 32.5 Å². The number of halogens is 2. The van der Waals surface area contributed by atoms with Gasteiger partial charge in [-0.25, -0.2) is 8.78 Å². The molecule has 1 saturated heterocycles. The number of alkyl halides is 2. The molecule has 4 N–H and O–H groups in total. The first kappa shape index (κ1) is 23.4. The number of nitrogens with zero attached hydrogens (tertiary/aromatic N) is 2. The van der Waals surface area contributed by atoms with Crippen LogP contribution in [0.25, 0.3) is 0 Å². The molecule has 4 bridgehead atoms. The van der Waals surface area contributed by atoms with Crippen LogP contribution in [0.15, 0.2) is 47.7 Å². The second-order valence-corrected chi connectivity index (χ2v) is 9.16. The fraction of sp³-hybridized carbons (Fsp3) is 0.600. The molecule has 0 aliphatic carbocycles. The zero-order chi connectivity index (χ0) is 22.4. The van der Waals surface area contributed by atoms with Gasteiger partial charge in [-0.05, 0) is 48.6 Å². The van der Waals surface area contributed by atoms with Crippen molar-refractivity contribution in [2.45, 2.75) is 44.2 Å². The summed E-state index contributed by atoms with van der Waals surface area (Å²) in [5.74, 6) is -2.60. The summed E-state index contributed by atoms with van der Waals surface area (Å²) in [5.41, 5.74) is 11.1. The van der Waals surface area contributed by atoms with E-state index in [1.807, 2.05) is 0 Å². The lowest BCUT2D eigenvalue weighted by Crippen LogP contribution is -2.47. The summed E-state index contributed by atoms with van der Waals surface area (Å²) in [6.07, 6.45) is 6.28. The fourth-order valence-corrected chi connectivity index (χ4v) is 5.02. The fourth-order valence-electron chi connectivity index (χ4n) is 5.02. The van der Waals surface area contributed by atoms with E-state index in [4.69, 9.17) is 5.73 Å². The van der Waals surface area contributed by atoms with Crippen LogP contribution in [0.2, 0.25) is 0 Å². The molecule has 1 aromatic rings. The molecule has 6 heterocycles. The van der Waals surface area contributed by atoms with E-state index >= 15 is 0 Å². The molecule has 32 heavy (non-hydrogen) atoms. The maximum Gasteiger partial charge on any atom is 0.248 e. The van der Waals surface area contributed by atoms with Crippen molar-refractivity contribution in [1.82, 2.24) is 20.4 Å². The van der Waals surface area contributed by atoms with E-state index in [1.165, 1.54) is 16.7 Å². The standard InChI is InChI=1S/C25H37F2N5/c26-25(27)8-1-10-29-11-12-30-13-16-31(14-2-9-25)24-22-5-3-20(4-6-22)17-21-7-15-32(24)23(18-21)19-28/h3-7,18,24,29-30H,1-2,8-17,19,28H2. The molecule has 0 amide bonds. The van der Waals surface area contributed by atoms with Gasteiger partial charge in [-0.3, -0.25) is 4.90 Å². The third-order valence-electron chi connectivity index (χ3n) is 6.75. The van der Waals surface area contributed by atoms with Gasteiger partial charge in [0.05, 0.1) is 0 Å². The van der Waals surface area contributed by atoms with E-state index < -0.39 is 5.92 Å². The lowest BCUT2D eigenvalue weighted by Gasteiger charge is -2.44. The molecule has 7 heteroatoms. The van der Waals surface area contributed by atoms with Crippen LogP contribution in [0, 0.1) is 0 Å². The van der Waals surface area contributed by atoms with Crippen molar-refractivity contribution in [2.75, 3.05) is 52.4 Å². The van der Waals surface area contributed by atoms with Gasteiger partial charge < -0.3 is 21.3 Å². The highest BCUT2D eigenvalue weighted by Gasteiger charge is 2.32. The van der Waals surface area contributed by atoms with Gasteiger partial charge in [-0.1, -0.05) is 30.3 Å². The topological polar surface area (TPSA) is 56.6 Å². The number of nitrogens with two attached hydrogens (primary N) is 1. The van der Waals surface area contributed by atoms with Gasteiger partial charge in [-0.2, -0.15) is 0 Å². The summed E-state index contributed by atoms with van der Waals surface area (Å²) in [4.78, 5) is 4.72. The molecule has 6 aliphatic heterocycles. The van der Waals surface area contributed by atoms with Crippen LogP contribution in [0.4, 0.5) is 8.78 Å². The second kappa shape index (κ2) is 10.9. The molecule has 0 radical (unpaired) electrons. The summed E-state index contributed by atoms with van der Waals surface area (Å²) in [6, 6.07) is 8.80. The number of benzene rings is 1. The molecule has 1 atom stereocenters. The summed E-state index contributed by atoms with van der Waals surface area (Å²) >= 11 is 0. The lowest BCUT2D eigenvalue weighted by molar-refractivity contribution is -0.0250. The van der Waals surface area contributed by atoms with E-state index in [0.717, 1.165) is 44.8 Å². The molecule has 0 saturated carbocycles. The zero-order valence-corrected chi connectivity index (χ0v) is 19.0. The van der Waals surface area contributed by atoms with Gasteiger partial charge in [0.25, 0.3) is 0 Å². The van der Waals surface area contributed by atoms with Crippen LogP contribution < -0.4 is 16.4 Å². The largest absolute Gasteiger partial charge is 0.350 e. The lowest BCUT2D eigenvalue weighted by atomic mass is 9.95. The Bertz CT molecular complexity index is 805. The van der Waals surface area contributed by atoms with Crippen molar-refractivity contribution in [3.8, 4) is 0 Å². The highest BCUT2D eigenvalue weighted by atomic mass is 19.3. The van der Waals surface area contributed by atoms with Crippen molar-refractivity contribution < 1.29 is 8.78 Å². The Morgan fingerprint density at radius 1 is 0.969 bits per heavy atom. The number of allylic oxidation sites excluding steroid dienone is 2. The first-order valence-corrected chi connectivity index (χ1v) is 12.0. The molecule has 176 valence electrons. The minimum absolute atomic E-state index is 0.0174. The zero-order valence-electron chi connectivity index (χ0n) is 19.0. The van der Waals surface area contributed by atoms with E-state index in [9.17, 15) is 8.78 Å². The third-order valence-corrected chi connectivity index (χ3v) is 6.75. The van der Waals surface area contributed by atoms with Crippen molar-refractivity contribution in [2.24, 2.45) is 5.73 Å². The molecule has 5 nitrogen and oxygen atoms in total. The van der Waals surface area contributed by atoms with E-state index in [2.05, 4.69) is 56.9 Å². The van der Waals surface area contributed by atoms with Crippen LogP contribution in [-0.4, -0.2) is 68.1 Å². The smallest absolute Gasteiger partial charge is 0.248 e. The molecular weight excluding hydrogens is 408 g/mol. The summed E-state index contributed by atoms with van der Waals surface area (Å²) in [5, 5.41) is 6.78. The highest BCUT2D eigenvalue weighted by Crippen LogP contribution is 2.34. The number of rotatable bonds is 2. The molecule has 0 aromatic heterocycles. The highest BCUT2D eigenvalue weighted by molar-refractivity contribution is 5.38. The Labute approximate surface area is 190 Å². The SMILES string of the molecule is NCC1=CC2=CCN1C(N1CCCC(F)(F)CCCNCCNCC1)c1ccc(cc1)C2. The summed E-state index contributed by atoms with van der Waals surface area (Å²) < 4.78 is 28.9. The Kier molecular flexibility index (Phi) is 7.94. The molecule has 1 aromatic carbocycles. The minimum Gasteiger partial charge on any atom is -0.350 e.